The normalized spacial score (nSPS) is 22.6. The number of methoxy groups -OCH3 is 1. The first-order valence-electron chi connectivity index (χ1n) is 7.62. The van der Waals surface area contributed by atoms with Crippen LogP contribution in [0.1, 0.15) is 38.3 Å². The van der Waals surface area contributed by atoms with E-state index in [0.717, 1.165) is 0 Å². The predicted octanol–water partition coefficient (Wildman–Crippen LogP) is 3.00. The van der Waals surface area contributed by atoms with Crippen LogP contribution in [0.5, 0.6) is 11.5 Å². The number of aromatic hydroxyl groups is 1. The molecule has 3 N–H and O–H groups in total. The van der Waals surface area contributed by atoms with E-state index in [2.05, 4.69) is 10.6 Å². The van der Waals surface area contributed by atoms with Crippen molar-refractivity contribution in [1.82, 2.24) is 10.6 Å². The molecule has 7 heteroatoms. The van der Waals surface area contributed by atoms with Crippen molar-refractivity contribution in [3.05, 3.63) is 32.5 Å². The highest BCUT2D eigenvalue weighted by Crippen LogP contribution is 2.43. The van der Waals surface area contributed by atoms with Gasteiger partial charge < -0.3 is 20.5 Å². The lowest BCUT2D eigenvalue weighted by atomic mass is 9.73. The Labute approximate surface area is 153 Å². The van der Waals surface area contributed by atoms with E-state index < -0.39 is 6.04 Å². The Kier molecular flexibility index (Phi) is 4.23. The summed E-state index contributed by atoms with van der Waals surface area (Å²) in [7, 11) is 1.47. The van der Waals surface area contributed by atoms with Crippen LogP contribution >= 0.6 is 22.6 Å². The quantitative estimate of drug-likeness (QED) is 0.615. The number of hydrogen-bond donors (Lipinski definition) is 3. The highest BCUT2D eigenvalue weighted by Gasteiger charge is 2.40. The number of hydrogen-bond acceptors (Lipinski definition) is 4. The van der Waals surface area contributed by atoms with Gasteiger partial charge in [-0.05, 0) is 52.1 Å². The molecule has 0 fully saturated rings. The third-order valence-electron chi connectivity index (χ3n) is 4.35. The summed E-state index contributed by atoms with van der Waals surface area (Å²) >= 11 is 2.00. The summed E-state index contributed by atoms with van der Waals surface area (Å²) in [5.74, 6) is 0.392. The van der Waals surface area contributed by atoms with Crippen LogP contribution in [0.4, 0.5) is 4.79 Å². The molecule has 1 heterocycles. The monoisotopic (exact) mass is 442 g/mol. The van der Waals surface area contributed by atoms with E-state index in [9.17, 15) is 14.7 Å². The molecule has 1 aromatic rings. The zero-order valence-electron chi connectivity index (χ0n) is 13.7. The third kappa shape index (κ3) is 2.97. The molecule has 6 nitrogen and oxygen atoms in total. The topological polar surface area (TPSA) is 87.7 Å². The van der Waals surface area contributed by atoms with Gasteiger partial charge in [-0.15, -0.1) is 0 Å². The smallest absolute Gasteiger partial charge is 0.319 e. The number of allylic oxidation sites excluding steroid dienone is 1. The number of carbonyl (C=O) groups is 2. The molecule has 2 aliphatic rings. The zero-order valence-corrected chi connectivity index (χ0v) is 15.9. The Morgan fingerprint density at radius 3 is 2.67 bits per heavy atom. The Morgan fingerprint density at radius 2 is 2.00 bits per heavy atom. The number of rotatable bonds is 2. The number of phenols is 1. The summed E-state index contributed by atoms with van der Waals surface area (Å²) < 4.78 is 5.79. The highest BCUT2D eigenvalue weighted by atomic mass is 127. The van der Waals surface area contributed by atoms with Crippen LogP contribution in [0.2, 0.25) is 0 Å². The summed E-state index contributed by atoms with van der Waals surface area (Å²) in [5, 5.41) is 15.6. The molecule has 2 amide bonds. The maximum absolute atomic E-state index is 12.7. The summed E-state index contributed by atoms with van der Waals surface area (Å²) in [6, 6.07) is 2.55. The Bertz CT molecular complexity index is 770. The first-order valence-corrected chi connectivity index (χ1v) is 8.70. The van der Waals surface area contributed by atoms with E-state index >= 15 is 0 Å². The van der Waals surface area contributed by atoms with Gasteiger partial charge in [-0.1, -0.05) is 13.8 Å². The number of phenolic OH excluding ortho intramolecular Hbond substituents is 1. The number of halogens is 1. The number of ketones is 1. The average molecular weight is 442 g/mol. The van der Waals surface area contributed by atoms with Crippen LogP contribution in [0.25, 0.3) is 0 Å². The van der Waals surface area contributed by atoms with Crippen molar-refractivity contribution in [1.29, 1.82) is 0 Å². The molecule has 0 spiro atoms. The van der Waals surface area contributed by atoms with Crippen molar-refractivity contribution in [3.8, 4) is 11.5 Å². The number of carbonyl (C=O) groups excluding carboxylic acids is 2. The molecule has 0 saturated carbocycles. The molecular formula is C17H19IN2O4. The lowest BCUT2D eigenvalue weighted by Gasteiger charge is -2.38. The molecule has 1 aromatic carbocycles. The second-order valence-corrected chi connectivity index (χ2v) is 8.08. The number of Topliss-reactive ketones (excluding diaryl/α,β-unsaturated/α-hetero) is 1. The molecule has 1 aliphatic heterocycles. The predicted molar refractivity (Wildman–Crippen MR) is 96.8 cm³/mol. The lowest BCUT2D eigenvalue weighted by Crippen LogP contribution is -2.48. The van der Waals surface area contributed by atoms with Gasteiger partial charge in [-0.2, -0.15) is 0 Å². The largest absolute Gasteiger partial charge is 0.504 e. The van der Waals surface area contributed by atoms with E-state index in [1.165, 1.54) is 7.11 Å². The minimum atomic E-state index is -0.541. The maximum atomic E-state index is 12.7. The van der Waals surface area contributed by atoms with Crippen molar-refractivity contribution in [3.63, 3.8) is 0 Å². The molecule has 0 aromatic heterocycles. The van der Waals surface area contributed by atoms with E-state index in [0.29, 0.717) is 39.0 Å². The fourth-order valence-corrected chi connectivity index (χ4v) is 3.95. The average Bonchev–Trinajstić information content (AvgIpc) is 2.47. The summed E-state index contributed by atoms with van der Waals surface area (Å²) in [6.45, 7) is 4.04. The minimum absolute atomic E-state index is 0.0285. The lowest BCUT2D eigenvalue weighted by molar-refractivity contribution is -0.118. The van der Waals surface area contributed by atoms with E-state index in [-0.39, 0.29) is 23.0 Å². The zero-order chi connectivity index (χ0) is 17.6. The first kappa shape index (κ1) is 17.1. The SMILES string of the molecule is COc1cc([C@@H]2NC(=O)NC3=C2C(=O)CC(C)(C)C3)cc(I)c1O. The van der Waals surface area contributed by atoms with Gasteiger partial charge in [0.2, 0.25) is 0 Å². The van der Waals surface area contributed by atoms with Gasteiger partial charge in [-0.25, -0.2) is 4.79 Å². The van der Waals surface area contributed by atoms with Crippen LogP contribution in [0.3, 0.4) is 0 Å². The van der Waals surface area contributed by atoms with E-state index in [1.807, 2.05) is 36.4 Å². The fourth-order valence-electron chi connectivity index (χ4n) is 3.32. The second kappa shape index (κ2) is 5.94. The minimum Gasteiger partial charge on any atom is -0.504 e. The van der Waals surface area contributed by atoms with Crippen molar-refractivity contribution in [2.45, 2.75) is 32.7 Å². The molecule has 3 rings (SSSR count). The number of benzene rings is 1. The van der Waals surface area contributed by atoms with Crippen LogP contribution in [0, 0.1) is 8.99 Å². The number of ether oxygens (including phenoxy) is 1. The molecule has 128 valence electrons. The van der Waals surface area contributed by atoms with Gasteiger partial charge in [-0.3, -0.25) is 4.79 Å². The van der Waals surface area contributed by atoms with E-state index in [1.54, 1.807) is 12.1 Å². The van der Waals surface area contributed by atoms with Crippen LogP contribution in [0.15, 0.2) is 23.4 Å². The van der Waals surface area contributed by atoms with Crippen LogP contribution < -0.4 is 15.4 Å². The van der Waals surface area contributed by atoms with Gasteiger partial charge in [0.25, 0.3) is 0 Å². The maximum Gasteiger partial charge on any atom is 0.319 e. The van der Waals surface area contributed by atoms with Crippen molar-refractivity contribution >= 4 is 34.4 Å². The Balaban J connectivity index is 2.12. The number of nitrogens with one attached hydrogen (secondary N) is 2. The van der Waals surface area contributed by atoms with Crippen LogP contribution in [-0.2, 0) is 4.79 Å². The van der Waals surface area contributed by atoms with Crippen LogP contribution in [-0.4, -0.2) is 24.0 Å². The second-order valence-electron chi connectivity index (χ2n) is 6.92. The molecule has 1 aliphatic carbocycles. The van der Waals surface area contributed by atoms with Crippen molar-refractivity contribution in [2.24, 2.45) is 5.41 Å². The van der Waals surface area contributed by atoms with Gasteiger partial charge >= 0.3 is 6.03 Å². The fraction of sp³-hybridized carbons (Fsp3) is 0.412. The molecule has 24 heavy (non-hydrogen) atoms. The summed E-state index contributed by atoms with van der Waals surface area (Å²) in [5.41, 5.74) is 1.82. The molecule has 0 bridgehead atoms. The van der Waals surface area contributed by atoms with Crippen molar-refractivity contribution < 1.29 is 19.4 Å². The Morgan fingerprint density at radius 1 is 1.29 bits per heavy atom. The molecule has 0 unspecified atom stereocenters. The van der Waals surface area contributed by atoms with Gasteiger partial charge in [0.15, 0.2) is 17.3 Å². The molecule has 1 atom stereocenters. The standard InChI is InChI=1S/C17H19IN2O4/c1-17(2)6-10-13(11(21)7-17)14(20-16(23)19-10)8-4-9(18)15(22)12(5-8)24-3/h4-5,14,22H,6-7H2,1-3H3,(H2,19,20,23)/t14-/m0/s1. The van der Waals surface area contributed by atoms with Crippen molar-refractivity contribution in [2.75, 3.05) is 7.11 Å². The molecular weight excluding hydrogens is 423 g/mol. The van der Waals surface area contributed by atoms with E-state index in [4.69, 9.17) is 4.74 Å². The third-order valence-corrected chi connectivity index (χ3v) is 5.17. The number of urea groups is 1. The van der Waals surface area contributed by atoms with Gasteiger partial charge in [0, 0.05) is 17.7 Å². The number of amides is 2. The summed E-state index contributed by atoms with van der Waals surface area (Å²) in [6.07, 6.45) is 1.08. The first-order chi connectivity index (χ1) is 11.2. The highest BCUT2D eigenvalue weighted by molar-refractivity contribution is 14.1. The molecule has 0 radical (unpaired) electrons. The van der Waals surface area contributed by atoms with Gasteiger partial charge in [0.05, 0.1) is 16.7 Å². The van der Waals surface area contributed by atoms with Gasteiger partial charge in [0.1, 0.15) is 0 Å². The summed E-state index contributed by atoms with van der Waals surface area (Å²) in [4.78, 5) is 24.8. The Hall–Kier alpha value is -1.77. The molecule has 0 saturated heterocycles.